The second-order valence-corrected chi connectivity index (χ2v) is 5.05. The standard InChI is InChI=1S/C17H17F3N2O2/c1-24-15-8-2-12(3-9-15)10-22-16(23)11-21-14-6-4-13(5-7-14)17(18,19)20/h2-9,21H,10-11H2,1H3,(H,22,23). The number of nitrogens with one attached hydrogen (secondary N) is 2. The van der Waals surface area contributed by atoms with Crippen LogP contribution in [-0.2, 0) is 17.5 Å². The Kier molecular flexibility index (Phi) is 5.68. The van der Waals surface area contributed by atoms with Crippen molar-refractivity contribution in [1.29, 1.82) is 0 Å². The molecule has 0 aliphatic carbocycles. The molecule has 2 aromatic carbocycles. The Balaban J connectivity index is 1.78. The van der Waals surface area contributed by atoms with Gasteiger partial charge < -0.3 is 15.4 Å². The molecular formula is C17H17F3N2O2. The van der Waals surface area contributed by atoms with Crippen molar-refractivity contribution in [3.8, 4) is 5.75 Å². The van der Waals surface area contributed by atoms with Crippen LogP contribution in [0, 0.1) is 0 Å². The summed E-state index contributed by atoms with van der Waals surface area (Å²) >= 11 is 0. The van der Waals surface area contributed by atoms with Crippen LogP contribution in [0.25, 0.3) is 0 Å². The van der Waals surface area contributed by atoms with E-state index in [0.29, 0.717) is 12.2 Å². The number of anilines is 1. The number of hydrogen-bond donors (Lipinski definition) is 2. The first-order valence-corrected chi connectivity index (χ1v) is 7.19. The van der Waals surface area contributed by atoms with E-state index in [9.17, 15) is 18.0 Å². The summed E-state index contributed by atoms with van der Waals surface area (Å²) in [5, 5.41) is 5.50. The number of halogens is 3. The third-order valence-electron chi connectivity index (χ3n) is 3.31. The minimum Gasteiger partial charge on any atom is -0.497 e. The van der Waals surface area contributed by atoms with Gasteiger partial charge in [0, 0.05) is 12.2 Å². The number of rotatable bonds is 6. The summed E-state index contributed by atoms with van der Waals surface area (Å²) < 4.78 is 42.4. The highest BCUT2D eigenvalue weighted by Gasteiger charge is 2.29. The van der Waals surface area contributed by atoms with Gasteiger partial charge in [0.25, 0.3) is 0 Å². The molecule has 0 aromatic heterocycles. The fraction of sp³-hybridized carbons (Fsp3) is 0.235. The van der Waals surface area contributed by atoms with Crippen molar-refractivity contribution in [3.05, 3.63) is 59.7 Å². The predicted molar refractivity (Wildman–Crippen MR) is 84.8 cm³/mol. The first-order chi connectivity index (χ1) is 11.4. The van der Waals surface area contributed by atoms with E-state index in [1.54, 1.807) is 19.2 Å². The summed E-state index contributed by atoms with van der Waals surface area (Å²) in [6.45, 7) is 0.332. The molecule has 7 heteroatoms. The van der Waals surface area contributed by atoms with Crippen LogP contribution < -0.4 is 15.4 Å². The van der Waals surface area contributed by atoms with Gasteiger partial charge in [0.2, 0.25) is 5.91 Å². The first-order valence-electron chi connectivity index (χ1n) is 7.19. The van der Waals surface area contributed by atoms with Crippen molar-refractivity contribution in [2.75, 3.05) is 19.0 Å². The minimum atomic E-state index is -4.37. The molecule has 4 nitrogen and oxygen atoms in total. The molecule has 0 radical (unpaired) electrons. The Labute approximate surface area is 137 Å². The van der Waals surface area contributed by atoms with E-state index in [1.165, 1.54) is 12.1 Å². The molecule has 2 N–H and O–H groups in total. The zero-order valence-corrected chi connectivity index (χ0v) is 13.0. The average molecular weight is 338 g/mol. The number of carbonyl (C=O) groups excluding carboxylic acids is 1. The molecule has 0 unspecified atom stereocenters. The van der Waals surface area contributed by atoms with E-state index >= 15 is 0 Å². The second kappa shape index (κ2) is 7.72. The molecule has 0 aliphatic heterocycles. The minimum absolute atomic E-state index is 0.0263. The van der Waals surface area contributed by atoms with Crippen molar-refractivity contribution in [3.63, 3.8) is 0 Å². The Hall–Kier alpha value is -2.70. The number of alkyl halides is 3. The van der Waals surface area contributed by atoms with Crippen molar-refractivity contribution in [2.24, 2.45) is 0 Å². The third kappa shape index (κ3) is 5.19. The van der Waals surface area contributed by atoms with E-state index in [0.717, 1.165) is 23.4 Å². The Morgan fingerprint density at radius 3 is 2.21 bits per heavy atom. The molecule has 128 valence electrons. The lowest BCUT2D eigenvalue weighted by atomic mass is 10.2. The zero-order chi connectivity index (χ0) is 17.6. The van der Waals surface area contributed by atoms with E-state index < -0.39 is 11.7 Å². The lowest BCUT2D eigenvalue weighted by Crippen LogP contribution is -2.29. The molecule has 0 heterocycles. The lowest BCUT2D eigenvalue weighted by molar-refractivity contribution is -0.137. The Morgan fingerprint density at radius 2 is 1.67 bits per heavy atom. The van der Waals surface area contributed by atoms with Crippen LogP contribution in [0.4, 0.5) is 18.9 Å². The Bertz CT molecular complexity index is 668. The van der Waals surface area contributed by atoms with Gasteiger partial charge in [0.05, 0.1) is 19.2 Å². The number of amides is 1. The van der Waals surface area contributed by atoms with Gasteiger partial charge >= 0.3 is 6.18 Å². The number of benzene rings is 2. The van der Waals surface area contributed by atoms with Gasteiger partial charge in [-0.3, -0.25) is 4.79 Å². The smallest absolute Gasteiger partial charge is 0.416 e. The van der Waals surface area contributed by atoms with Crippen molar-refractivity contribution in [1.82, 2.24) is 5.32 Å². The molecule has 0 fully saturated rings. The molecule has 1 amide bonds. The van der Waals surface area contributed by atoms with Gasteiger partial charge in [-0.1, -0.05) is 12.1 Å². The van der Waals surface area contributed by atoms with Gasteiger partial charge in [-0.25, -0.2) is 0 Å². The maximum absolute atomic E-state index is 12.5. The molecule has 0 aliphatic rings. The fourth-order valence-corrected chi connectivity index (χ4v) is 1.97. The van der Waals surface area contributed by atoms with Crippen LogP contribution in [0.2, 0.25) is 0 Å². The topological polar surface area (TPSA) is 50.4 Å². The van der Waals surface area contributed by atoms with Crippen molar-refractivity contribution in [2.45, 2.75) is 12.7 Å². The molecule has 2 aromatic rings. The lowest BCUT2D eigenvalue weighted by Gasteiger charge is -2.10. The fourth-order valence-electron chi connectivity index (χ4n) is 1.97. The SMILES string of the molecule is COc1ccc(CNC(=O)CNc2ccc(C(F)(F)F)cc2)cc1. The Morgan fingerprint density at radius 1 is 1.04 bits per heavy atom. The van der Waals surface area contributed by atoms with Crippen molar-refractivity contribution < 1.29 is 22.7 Å². The third-order valence-corrected chi connectivity index (χ3v) is 3.31. The summed E-state index contributed by atoms with van der Waals surface area (Å²) in [4.78, 5) is 11.8. The molecule has 2 rings (SSSR count). The molecular weight excluding hydrogens is 321 g/mol. The molecule has 0 spiro atoms. The number of carbonyl (C=O) groups is 1. The van der Waals surface area contributed by atoms with E-state index in [1.807, 2.05) is 12.1 Å². The highest BCUT2D eigenvalue weighted by molar-refractivity contribution is 5.80. The molecule has 24 heavy (non-hydrogen) atoms. The maximum Gasteiger partial charge on any atom is 0.416 e. The van der Waals surface area contributed by atoms with Crippen LogP contribution in [-0.4, -0.2) is 19.6 Å². The maximum atomic E-state index is 12.5. The van der Waals surface area contributed by atoms with E-state index in [2.05, 4.69) is 10.6 Å². The molecule has 0 atom stereocenters. The van der Waals surface area contributed by atoms with Crippen LogP contribution in [0.1, 0.15) is 11.1 Å². The second-order valence-electron chi connectivity index (χ2n) is 5.05. The highest BCUT2D eigenvalue weighted by Crippen LogP contribution is 2.29. The summed E-state index contributed by atoms with van der Waals surface area (Å²) in [6, 6.07) is 11.8. The van der Waals surface area contributed by atoms with Gasteiger partial charge in [-0.05, 0) is 42.0 Å². The van der Waals surface area contributed by atoms with Crippen LogP contribution in [0.5, 0.6) is 5.75 Å². The van der Waals surface area contributed by atoms with Gasteiger partial charge in [0.15, 0.2) is 0 Å². The van der Waals surface area contributed by atoms with Crippen LogP contribution >= 0.6 is 0 Å². The molecule has 0 saturated carbocycles. The summed E-state index contributed by atoms with van der Waals surface area (Å²) in [7, 11) is 1.57. The number of methoxy groups -OCH3 is 1. The number of hydrogen-bond acceptors (Lipinski definition) is 3. The van der Waals surface area contributed by atoms with E-state index in [4.69, 9.17) is 4.74 Å². The van der Waals surface area contributed by atoms with Gasteiger partial charge in [0.1, 0.15) is 5.75 Å². The largest absolute Gasteiger partial charge is 0.497 e. The molecule has 0 saturated heterocycles. The highest BCUT2D eigenvalue weighted by atomic mass is 19.4. The van der Waals surface area contributed by atoms with Crippen LogP contribution in [0.15, 0.2) is 48.5 Å². The molecule has 0 bridgehead atoms. The summed E-state index contributed by atoms with van der Waals surface area (Å²) in [6.07, 6.45) is -4.37. The first kappa shape index (κ1) is 17.7. The quantitative estimate of drug-likeness (QED) is 0.848. The van der Waals surface area contributed by atoms with Gasteiger partial charge in [-0.15, -0.1) is 0 Å². The summed E-state index contributed by atoms with van der Waals surface area (Å²) in [5.41, 5.74) is 0.637. The number of ether oxygens (including phenoxy) is 1. The summed E-state index contributed by atoms with van der Waals surface area (Å²) in [5.74, 6) is 0.472. The van der Waals surface area contributed by atoms with Crippen molar-refractivity contribution >= 4 is 11.6 Å². The normalized spacial score (nSPS) is 11.0. The van der Waals surface area contributed by atoms with Crippen LogP contribution in [0.3, 0.4) is 0 Å². The van der Waals surface area contributed by atoms with E-state index in [-0.39, 0.29) is 12.5 Å². The zero-order valence-electron chi connectivity index (χ0n) is 13.0. The monoisotopic (exact) mass is 338 g/mol. The predicted octanol–water partition coefficient (Wildman–Crippen LogP) is 3.44. The average Bonchev–Trinajstić information content (AvgIpc) is 2.58. The van der Waals surface area contributed by atoms with Gasteiger partial charge in [-0.2, -0.15) is 13.2 Å².